The van der Waals surface area contributed by atoms with E-state index in [9.17, 15) is 8.78 Å². The second-order valence-corrected chi connectivity index (χ2v) is 9.37. The van der Waals surface area contributed by atoms with Crippen LogP contribution in [-0.4, -0.2) is 0 Å². The predicted molar refractivity (Wildman–Crippen MR) is 113 cm³/mol. The van der Waals surface area contributed by atoms with Gasteiger partial charge in [-0.15, -0.1) is 0 Å². The van der Waals surface area contributed by atoms with Crippen molar-refractivity contribution < 1.29 is 8.78 Å². The Morgan fingerprint density at radius 3 is 1.71 bits per heavy atom. The van der Waals surface area contributed by atoms with Crippen LogP contribution in [0.15, 0.2) is 36.4 Å². The summed E-state index contributed by atoms with van der Waals surface area (Å²) in [4.78, 5) is 0. The Labute approximate surface area is 168 Å². The summed E-state index contributed by atoms with van der Waals surface area (Å²) < 4.78 is 29.8. The number of benzene rings is 2. The second-order valence-electron chi connectivity index (χ2n) is 9.37. The lowest BCUT2D eigenvalue weighted by Crippen LogP contribution is -2.13. The van der Waals surface area contributed by atoms with E-state index in [1.54, 1.807) is 6.07 Å². The summed E-state index contributed by atoms with van der Waals surface area (Å²) in [5, 5.41) is 0. The normalized spacial score (nSPS) is 28.3. The molecule has 0 saturated heterocycles. The van der Waals surface area contributed by atoms with Gasteiger partial charge in [0.2, 0.25) is 0 Å². The van der Waals surface area contributed by atoms with Crippen molar-refractivity contribution in [2.24, 2.45) is 11.8 Å². The van der Waals surface area contributed by atoms with Gasteiger partial charge in [0, 0.05) is 5.56 Å². The third-order valence-corrected chi connectivity index (χ3v) is 7.28. The molecule has 28 heavy (non-hydrogen) atoms. The summed E-state index contributed by atoms with van der Waals surface area (Å²) in [5.41, 5.74) is 3.06. The van der Waals surface area contributed by atoms with Crippen molar-refractivity contribution in [2.45, 2.75) is 77.0 Å². The molecule has 0 N–H and O–H groups in total. The zero-order chi connectivity index (χ0) is 19.7. The first kappa shape index (κ1) is 19.6. The number of rotatable bonds is 3. The van der Waals surface area contributed by atoms with Gasteiger partial charge < -0.3 is 0 Å². The highest BCUT2D eigenvalue weighted by molar-refractivity contribution is 5.65. The minimum Gasteiger partial charge on any atom is -0.203 e. The van der Waals surface area contributed by atoms with Crippen LogP contribution in [0.5, 0.6) is 0 Å². The van der Waals surface area contributed by atoms with Crippen molar-refractivity contribution in [3.05, 3.63) is 59.2 Å². The quantitative estimate of drug-likeness (QED) is 0.501. The first-order valence-electron chi connectivity index (χ1n) is 11.1. The Morgan fingerprint density at radius 2 is 1.14 bits per heavy atom. The molecule has 0 radical (unpaired) electrons. The minimum absolute atomic E-state index is 0.163. The van der Waals surface area contributed by atoms with Gasteiger partial charge in [-0.25, -0.2) is 8.78 Å². The van der Waals surface area contributed by atoms with E-state index in [0.717, 1.165) is 37.2 Å². The highest BCUT2D eigenvalue weighted by atomic mass is 19.2. The summed E-state index contributed by atoms with van der Waals surface area (Å²) >= 11 is 0. The average Bonchev–Trinajstić information content (AvgIpc) is 2.72. The fourth-order valence-electron chi connectivity index (χ4n) is 5.20. The smallest absolute Gasteiger partial charge is 0.166 e. The van der Waals surface area contributed by atoms with Gasteiger partial charge in [-0.2, -0.15) is 0 Å². The largest absolute Gasteiger partial charge is 0.203 e. The Balaban J connectivity index is 1.53. The summed E-state index contributed by atoms with van der Waals surface area (Å²) in [6, 6.07) is 11.8. The molecule has 0 bridgehead atoms. The lowest BCUT2D eigenvalue weighted by atomic mass is 9.78. The molecule has 2 aromatic carbocycles. The van der Waals surface area contributed by atoms with Gasteiger partial charge in [0.1, 0.15) is 0 Å². The van der Waals surface area contributed by atoms with Crippen molar-refractivity contribution >= 4 is 0 Å². The molecule has 0 amide bonds. The van der Waals surface area contributed by atoms with Crippen LogP contribution >= 0.6 is 0 Å². The highest BCUT2D eigenvalue weighted by Crippen LogP contribution is 2.39. The lowest BCUT2D eigenvalue weighted by molar-refractivity contribution is 0.339. The SMILES string of the molecule is CC1CCC(c2ccc(-c3ccc(C4CCC(C)CC4)c(F)c3F)cc2)CC1. The van der Waals surface area contributed by atoms with Crippen molar-refractivity contribution in [3.8, 4) is 11.1 Å². The highest BCUT2D eigenvalue weighted by Gasteiger charge is 2.25. The van der Waals surface area contributed by atoms with E-state index in [2.05, 4.69) is 26.0 Å². The molecule has 0 aromatic heterocycles. The van der Waals surface area contributed by atoms with Crippen LogP contribution in [-0.2, 0) is 0 Å². The fourth-order valence-corrected chi connectivity index (χ4v) is 5.20. The maximum atomic E-state index is 14.9. The van der Waals surface area contributed by atoms with E-state index >= 15 is 0 Å². The summed E-state index contributed by atoms with van der Waals surface area (Å²) in [6.45, 7) is 4.57. The standard InChI is InChI=1S/C26H32F2/c1-17-3-7-19(8-4-17)20-11-13-22(14-12-20)24-16-15-23(25(27)26(24)28)21-9-5-18(2)6-10-21/h11-19,21H,3-10H2,1-2H3. The molecular weight excluding hydrogens is 350 g/mol. The summed E-state index contributed by atoms with van der Waals surface area (Å²) in [5.74, 6) is 0.990. The van der Waals surface area contributed by atoms with Gasteiger partial charge in [0.05, 0.1) is 0 Å². The van der Waals surface area contributed by atoms with Crippen LogP contribution in [0.1, 0.15) is 88.2 Å². The van der Waals surface area contributed by atoms with Crippen LogP contribution < -0.4 is 0 Å². The van der Waals surface area contributed by atoms with Gasteiger partial charge >= 0.3 is 0 Å². The molecule has 0 atom stereocenters. The van der Waals surface area contributed by atoms with E-state index in [4.69, 9.17) is 0 Å². The Kier molecular flexibility index (Phi) is 5.85. The summed E-state index contributed by atoms with van der Waals surface area (Å²) in [7, 11) is 0. The molecule has 2 saturated carbocycles. The molecule has 4 rings (SSSR count). The van der Waals surface area contributed by atoms with E-state index < -0.39 is 11.6 Å². The van der Waals surface area contributed by atoms with Crippen LogP contribution in [0.2, 0.25) is 0 Å². The van der Waals surface area contributed by atoms with E-state index in [1.165, 1.54) is 31.2 Å². The molecule has 0 aliphatic heterocycles. The molecule has 2 heteroatoms. The van der Waals surface area contributed by atoms with E-state index in [0.29, 0.717) is 23.0 Å². The number of hydrogen-bond donors (Lipinski definition) is 0. The topological polar surface area (TPSA) is 0 Å². The van der Waals surface area contributed by atoms with Gasteiger partial charge in [-0.05, 0) is 66.0 Å². The molecule has 2 aliphatic carbocycles. The Bertz CT molecular complexity index is 792. The number of hydrogen-bond acceptors (Lipinski definition) is 0. The monoisotopic (exact) mass is 382 g/mol. The Morgan fingerprint density at radius 1 is 0.607 bits per heavy atom. The molecule has 0 heterocycles. The average molecular weight is 383 g/mol. The van der Waals surface area contributed by atoms with Crippen LogP contribution in [0.25, 0.3) is 11.1 Å². The maximum absolute atomic E-state index is 14.9. The number of halogens is 2. The first-order chi connectivity index (χ1) is 13.5. The molecule has 2 aliphatic rings. The van der Waals surface area contributed by atoms with Gasteiger partial charge in [-0.1, -0.05) is 75.9 Å². The molecule has 2 fully saturated rings. The van der Waals surface area contributed by atoms with Crippen molar-refractivity contribution in [1.82, 2.24) is 0 Å². The molecule has 0 nitrogen and oxygen atoms in total. The van der Waals surface area contributed by atoms with Gasteiger partial charge in [0.15, 0.2) is 11.6 Å². The van der Waals surface area contributed by atoms with Gasteiger partial charge in [0.25, 0.3) is 0 Å². The zero-order valence-electron chi connectivity index (χ0n) is 17.2. The third-order valence-electron chi connectivity index (χ3n) is 7.28. The van der Waals surface area contributed by atoms with Crippen molar-refractivity contribution in [1.29, 1.82) is 0 Å². The van der Waals surface area contributed by atoms with Crippen molar-refractivity contribution in [2.75, 3.05) is 0 Å². The van der Waals surface area contributed by atoms with E-state index in [-0.39, 0.29) is 5.92 Å². The zero-order valence-corrected chi connectivity index (χ0v) is 17.2. The minimum atomic E-state index is -0.685. The molecular formula is C26H32F2. The molecule has 150 valence electrons. The molecule has 0 unspecified atom stereocenters. The van der Waals surface area contributed by atoms with Gasteiger partial charge in [-0.3, -0.25) is 0 Å². The Hall–Kier alpha value is -1.70. The lowest BCUT2D eigenvalue weighted by Gasteiger charge is -2.27. The maximum Gasteiger partial charge on any atom is 0.166 e. The fraction of sp³-hybridized carbons (Fsp3) is 0.538. The predicted octanol–water partition coefficient (Wildman–Crippen LogP) is 8.22. The first-order valence-corrected chi connectivity index (χ1v) is 11.1. The van der Waals surface area contributed by atoms with Crippen molar-refractivity contribution in [3.63, 3.8) is 0 Å². The second kappa shape index (κ2) is 8.35. The molecule has 0 spiro atoms. The van der Waals surface area contributed by atoms with Crippen LogP contribution in [0.3, 0.4) is 0 Å². The summed E-state index contributed by atoms with van der Waals surface area (Å²) in [6.07, 6.45) is 9.18. The third kappa shape index (κ3) is 4.02. The van der Waals surface area contributed by atoms with Crippen LogP contribution in [0, 0.1) is 23.5 Å². The van der Waals surface area contributed by atoms with Crippen LogP contribution in [0.4, 0.5) is 8.78 Å². The molecule has 2 aromatic rings. The van der Waals surface area contributed by atoms with E-state index in [1.807, 2.05) is 18.2 Å².